The van der Waals surface area contributed by atoms with E-state index in [1.807, 2.05) is 30.0 Å². The van der Waals surface area contributed by atoms with E-state index in [0.29, 0.717) is 0 Å². The third-order valence-electron chi connectivity index (χ3n) is 3.53. The van der Waals surface area contributed by atoms with Crippen LogP contribution in [0.5, 0.6) is 0 Å². The highest BCUT2D eigenvalue weighted by atomic mass is 79.9. The predicted molar refractivity (Wildman–Crippen MR) is 95.0 cm³/mol. The van der Waals surface area contributed by atoms with Crippen LogP contribution < -0.4 is 5.32 Å². The first-order valence-corrected chi connectivity index (χ1v) is 9.26. The van der Waals surface area contributed by atoms with Crippen LogP contribution >= 0.6 is 39.3 Å². The largest absolute Gasteiger partial charge is 0.310 e. The number of hydrogen-bond acceptors (Lipinski definition) is 2. The maximum absolute atomic E-state index is 6.24. The van der Waals surface area contributed by atoms with E-state index in [1.165, 1.54) is 28.9 Å². The highest BCUT2D eigenvalue weighted by Crippen LogP contribution is 2.31. The van der Waals surface area contributed by atoms with Crippen LogP contribution in [-0.2, 0) is 12.3 Å². The maximum Gasteiger partial charge on any atom is 0.0446 e. The first kappa shape index (κ1) is 15.4. The van der Waals surface area contributed by atoms with Gasteiger partial charge in [0.25, 0.3) is 0 Å². The smallest absolute Gasteiger partial charge is 0.0446 e. The average Bonchev–Trinajstić information content (AvgIpc) is 3.30. The summed E-state index contributed by atoms with van der Waals surface area (Å²) >= 11 is 11.7. The molecule has 0 atom stereocenters. The van der Waals surface area contributed by atoms with Gasteiger partial charge in [-0.05, 0) is 42.2 Å². The summed E-state index contributed by atoms with van der Waals surface area (Å²) in [5, 5.41) is 4.43. The van der Waals surface area contributed by atoms with E-state index in [0.717, 1.165) is 27.8 Å². The minimum Gasteiger partial charge on any atom is -0.310 e. The van der Waals surface area contributed by atoms with Crippen LogP contribution in [-0.4, -0.2) is 6.04 Å². The fourth-order valence-corrected chi connectivity index (χ4v) is 4.01. The molecule has 21 heavy (non-hydrogen) atoms. The van der Waals surface area contributed by atoms with Gasteiger partial charge in [-0.2, -0.15) is 0 Å². The van der Waals surface area contributed by atoms with E-state index in [9.17, 15) is 0 Å². The van der Waals surface area contributed by atoms with Crippen molar-refractivity contribution in [2.75, 3.05) is 0 Å². The summed E-state index contributed by atoms with van der Waals surface area (Å²) in [5.74, 6) is 0.895. The quantitative estimate of drug-likeness (QED) is 0.648. The van der Waals surface area contributed by atoms with Gasteiger partial charge in [0, 0.05) is 32.7 Å². The summed E-state index contributed by atoms with van der Waals surface area (Å²) in [4.78, 5) is 1.32. The minimum atomic E-state index is 0.732. The van der Waals surface area contributed by atoms with Gasteiger partial charge >= 0.3 is 0 Å². The van der Waals surface area contributed by atoms with Crippen LogP contribution in [0.25, 0.3) is 0 Å². The van der Waals surface area contributed by atoms with Crippen molar-refractivity contribution in [2.45, 2.75) is 36.1 Å². The Morgan fingerprint density at radius 2 is 1.95 bits per heavy atom. The van der Waals surface area contributed by atoms with E-state index >= 15 is 0 Å². The molecular weight excluding hydrogens is 366 g/mol. The molecule has 4 heteroatoms. The van der Waals surface area contributed by atoms with Gasteiger partial charge in [-0.25, -0.2) is 0 Å². The summed E-state index contributed by atoms with van der Waals surface area (Å²) in [6.45, 7) is 0.947. The van der Waals surface area contributed by atoms with E-state index in [1.54, 1.807) is 0 Å². The third-order valence-corrected chi connectivity index (χ3v) is 5.54. The van der Waals surface area contributed by atoms with Crippen LogP contribution in [0, 0.1) is 0 Å². The third kappa shape index (κ3) is 4.49. The number of rotatable bonds is 6. The second-order valence-corrected chi connectivity index (χ2v) is 7.63. The SMILES string of the molecule is Clc1ccccc1CSc1cc(Br)ccc1CNC1CC1. The van der Waals surface area contributed by atoms with E-state index in [-0.39, 0.29) is 0 Å². The van der Waals surface area contributed by atoms with E-state index in [4.69, 9.17) is 11.6 Å². The lowest BCUT2D eigenvalue weighted by atomic mass is 10.2. The van der Waals surface area contributed by atoms with Crippen molar-refractivity contribution in [3.05, 3.63) is 63.1 Å². The molecule has 1 saturated carbocycles. The van der Waals surface area contributed by atoms with Gasteiger partial charge in [-0.1, -0.05) is 51.8 Å². The summed E-state index contributed by atoms with van der Waals surface area (Å²) in [6, 6.07) is 15.3. The zero-order valence-electron chi connectivity index (χ0n) is 11.6. The Labute approximate surface area is 143 Å². The van der Waals surface area contributed by atoms with Gasteiger partial charge in [-0.3, -0.25) is 0 Å². The Bertz CT molecular complexity index is 628. The Hall–Kier alpha value is -0.480. The van der Waals surface area contributed by atoms with Gasteiger partial charge in [0.1, 0.15) is 0 Å². The summed E-state index contributed by atoms with van der Waals surface area (Å²) in [7, 11) is 0. The van der Waals surface area contributed by atoms with Gasteiger partial charge in [0.2, 0.25) is 0 Å². The molecule has 0 unspecified atom stereocenters. The number of halogens is 2. The van der Waals surface area contributed by atoms with Gasteiger partial charge in [-0.15, -0.1) is 11.8 Å². The van der Waals surface area contributed by atoms with Crippen LogP contribution in [0.15, 0.2) is 51.8 Å². The highest BCUT2D eigenvalue weighted by Gasteiger charge is 2.20. The summed E-state index contributed by atoms with van der Waals surface area (Å²) < 4.78 is 1.12. The highest BCUT2D eigenvalue weighted by molar-refractivity contribution is 9.10. The molecule has 0 aromatic heterocycles. The van der Waals surface area contributed by atoms with Gasteiger partial charge in [0.05, 0.1) is 0 Å². The van der Waals surface area contributed by atoms with Crippen molar-refractivity contribution in [1.29, 1.82) is 0 Å². The van der Waals surface area contributed by atoms with E-state index < -0.39 is 0 Å². The zero-order chi connectivity index (χ0) is 14.7. The Balaban J connectivity index is 1.70. The lowest BCUT2D eigenvalue weighted by molar-refractivity contribution is 0.680. The van der Waals surface area contributed by atoms with Crippen molar-refractivity contribution in [1.82, 2.24) is 5.32 Å². The number of benzene rings is 2. The van der Waals surface area contributed by atoms with E-state index in [2.05, 4.69) is 45.5 Å². The molecule has 1 nitrogen and oxygen atoms in total. The molecule has 1 fully saturated rings. The Kier molecular flexibility index (Phi) is 5.28. The van der Waals surface area contributed by atoms with Crippen LogP contribution in [0.3, 0.4) is 0 Å². The molecule has 0 heterocycles. The first-order chi connectivity index (χ1) is 10.2. The fraction of sp³-hybridized carbons (Fsp3) is 0.294. The number of nitrogens with one attached hydrogen (secondary N) is 1. The molecule has 110 valence electrons. The molecule has 1 N–H and O–H groups in total. The lowest BCUT2D eigenvalue weighted by Crippen LogP contribution is -2.15. The molecule has 0 spiro atoms. The Morgan fingerprint density at radius 1 is 1.14 bits per heavy atom. The standard InChI is InChI=1S/C17H17BrClNS/c18-14-6-5-12(10-20-15-7-8-15)17(9-14)21-11-13-3-1-2-4-16(13)19/h1-6,9,15,20H,7-8,10-11H2. The summed E-state index contributed by atoms with van der Waals surface area (Å²) in [6.07, 6.45) is 2.64. The van der Waals surface area contributed by atoms with Crippen molar-refractivity contribution in [2.24, 2.45) is 0 Å². The van der Waals surface area contributed by atoms with Crippen molar-refractivity contribution < 1.29 is 0 Å². The van der Waals surface area contributed by atoms with Crippen molar-refractivity contribution in [3.63, 3.8) is 0 Å². The van der Waals surface area contributed by atoms with Gasteiger partial charge < -0.3 is 5.32 Å². The number of thioether (sulfide) groups is 1. The monoisotopic (exact) mass is 381 g/mol. The molecule has 3 rings (SSSR count). The zero-order valence-corrected chi connectivity index (χ0v) is 14.8. The van der Waals surface area contributed by atoms with Crippen LogP contribution in [0.2, 0.25) is 5.02 Å². The topological polar surface area (TPSA) is 12.0 Å². The molecular formula is C17H17BrClNS. The first-order valence-electron chi connectivity index (χ1n) is 7.10. The fourth-order valence-electron chi connectivity index (χ4n) is 2.12. The molecule has 2 aromatic rings. The van der Waals surface area contributed by atoms with Gasteiger partial charge in [0.15, 0.2) is 0 Å². The second-order valence-electron chi connectivity index (χ2n) is 5.29. The maximum atomic E-state index is 6.24. The minimum absolute atomic E-state index is 0.732. The lowest BCUT2D eigenvalue weighted by Gasteiger charge is -2.11. The van der Waals surface area contributed by atoms with Crippen molar-refractivity contribution in [3.8, 4) is 0 Å². The normalized spacial score (nSPS) is 14.4. The van der Waals surface area contributed by atoms with Crippen molar-refractivity contribution >= 4 is 39.3 Å². The number of hydrogen-bond donors (Lipinski definition) is 1. The summed E-state index contributed by atoms with van der Waals surface area (Å²) in [5.41, 5.74) is 2.55. The average molecular weight is 383 g/mol. The molecule has 1 aliphatic carbocycles. The molecule has 2 aromatic carbocycles. The molecule has 0 bridgehead atoms. The molecule has 0 radical (unpaired) electrons. The molecule has 0 aliphatic heterocycles. The predicted octanol–water partition coefficient (Wildman–Crippen LogP) is 5.65. The molecule has 0 saturated heterocycles. The molecule has 0 amide bonds. The second kappa shape index (κ2) is 7.19. The van der Waals surface area contributed by atoms with Crippen LogP contribution in [0.4, 0.5) is 0 Å². The molecule has 1 aliphatic rings. The van der Waals surface area contributed by atoms with Crippen LogP contribution in [0.1, 0.15) is 24.0 Å². The Morgan fingerprint density at radius 3 is 2.71 bits per heavy atom.